The first-order chi connectivity index (χ1) is 30.4. The number of rotatable bonds is 11. The molecule has 3 aromatic heterocycles. The van der Waals surface area contributed by atoms with Crippen molar-refractivity contribution in [2.24, 2.45) is 5.92 Å². The summed E-state index contributed by atoms with van der Waals surface area (Å²) in [5, 5.41) is 13.2. The number of allylic oxidation sites excluding steroid dienone is 1. The highest BCUT2D eigenvalue weighted by molar-refractivity contribution is 7.91. The third kappa shape index (κ3) is 8.87. The summed E-state index contributed by atoms with van der Waals surface area (Å²) in [6, 6.07) is 4.88. The second kappa shape index (κ2) is 17.6. The van der Waals surface area contributed by atoms with Crippen molar-refractivity contribution in [3.05, 3.63) is 64.5 Å². The Kier molecular flexibility index (Phi) is 12.4. The number of nitrogens with one attached hydrogen (secondary N) is 3. The zero-order valence-electron chi connectivity index (χ0n) is 37.4. The topological polar surface area (TPSA) is 212 Å². The maximum absolute atomic E-state index is 15.0. The lowest BCUT2D eigenvalue weighted by Gasteiger charge is -2.30. The van der Waals surface area contributed by atoms with E-state index in [1.165, 1.54) is 16.2 Å². The lowest BCUT2D eigenvalue weighted by Crippen LogP contribution is -2.58. The fourth-order valence-electron chi connectivity index (χ4n) is 8.50. The number of methoxy groups -OCH3 is 1. The normalized spacial score (nSPS) is 25.2. The minimum absolute atomic E-state index is 0.0176. The standard InChI is InChI=1S/C46H57N7O9S2/c1-25(2)34-24-63-42(49-34)33-21-38(30-15-16-36(60-7)27(5)39(30)47-33)61-29-19-35-41(55)50-46(44(57)52-64(58,59)45(6)17-18-45)22-28(46)13-11-9-8-10-12-14-31(43(56)53(35)23-29)48-40(54)32-20-37(26(3)4)62-51-32/h11,13,15-16,20-21,24-26,28-29,31,35H,8-10,12,14,17-19,22-23H2,1-7H3,(H,48,54)(H,50,55)(H,52,57)/b13-11-/t28-,29-,31+,35+,46-/m1/s1. The lowest BCUT2D eigenvalue weighted by molar-refractivity contribution is -0.141. The molecule has 64 heavy (non-hydrogen) atoms. The number of hydrogen-bond donors (Lipinski definition) is 3. The number of carbonyl (C=O) groups excluding carboxylic acids is 4. The van der Waals surface area contributed by atoms with E-state index in [2.05, 4.69) is 34.4 Å². The molecule has 0 bridgehead atoms. The zero-order valence-corrected chi connectivity index (χ0v) is 39.0. The molecule has 5 heterocycles. The van der Waals surface area contributed by atoms with Gasteiger partial charge in [0.2, 0.25) is 21.8 Å². The summed E-state index contributed by atoms with van der Waals surface area (Å²) in [6.45, 7) is 11.4. The number of hydrogen-bond acceptors (Lipinski definition) is 13. The van der Waals surface area contributed by atoms with Crippen LogP contribution in [0.3, 0.4) is 0 Å². The maximum atomic E-state index is 15.0. The second-order valence-electron chi connectivity index (χ2n) is 18.5. The van der Waals surface area contributed by atoms with Gasteiger partial charge in [0.05, 0.1) is 29.6 Å². The molecule has 5 atom stereocenters. The molecule has 4 aliphatic rings. The van der Waals surface area contributed by atoms with Gasteiger partial charge in [0.15, 0.2) is 5.69 Å². The van der Waals surface area contributed by atoms with E-state index < -0.39 is 68.0 Å². The number of carbonyl (C=O) groups is 4. The number of pyridine rings is 1. The van der Waals surface area contributed by atoms with E-state index in [0.717, 1.165) is 24.1 Å². The molecule has 3 fully saturated rings. The summed E-state index contributed by atoms with van der Waals surface area (Å²) in [5.74, 6) is -1.18. The average molecular weight is 916 g/mol. The Labute approximate surface area is 377 Å². The third-order valence-corrected chi connectivity index (χ3v) is 16.1. The molecule has 4 amide bonds. The van der Waals surface area contributed by atoms with E-state index in [9.17, 15) is 27.6 Å². The van der Waals surface area contributed by atoms with Gasteiger partial charge in [0, 0.05) is 46.7 Å². The van der Waals surface area contributed by atoms with Crippen molar-refractivity contribution in [1.82, 2.24) is 35.4 Å². The minimum Gasteiger partial charge on any atom is -0.496 e. The van der Waals surface area contributed by atoms with Gasteiger partial charge >= 0.3 is 0 Å². The van der Waals surface area contributed by atoms with Crippen LogP contribution in [-0.4, -0.2) is 94.2 Å². The van der Waals surface area contributed by atoms with Crippen molar-refractivity contribution in [2.75, 3.05) is 13.7 Å². The Bertz CT molecular complexity index is 2620. The van der Waals surface area contributed by atoms with Crippen molar-refractivity contribution in [3.63, 3.8) is 0 Å². The van der Waals surface area contributed by atoms with Crippen LogP contribution in [0.4, 0.5) is 0 Å². The number of ether oxygens (including phenoxy) is 2. The van der Waals surface area contributed by atoms with Gasteiger partial charge in [-0.3, -0.25) is 23.9 Å². The van der Waals surface area contributed by atoms with Crippen molar-refractivity contribution < 1.29 is 41.6 Å². The first-order valence-electron chi connectivity index (χ1n) is 22.2. The second-order valence-corrected chi connectivity index (χ2v) is 21.6. The highest BCUT2D eigenvalue weighted by atomic mass is 32.2. The molecule has 0 unspecified atom stereocenters. The SMILES string of the molecule is COc1ccc2c(O[C@@H]3C[C@H]4C(=O)N[C@]5(C(=O)NS(=O)(=O)C6(C)CC6)C[C@H]5/C=C\CCCCC[C@H](NC(=O)c5cc(C(C)C)on5)C(=O)N4C3)cc(-c3nc(C(C)C)cs3)nc2c1C. The van der Waals surface area contributed by atoms with E-state index >= 15 is 0 Å². The fourth-order valence-corrected chi connectivity index (χ4v) is 10.8. The van der Waals surface area contributed by atoms with Crippen LogP contribution in [0.5, 0.6) is 11.5 Å². The predicted octanol–water partition coefficient (Wildman–Crippen LogP) is 6.45. The lowest BCUT2D eigenvalue weighted by atomic mass is 10.0. The van der Waals surface area contributed by atoms with E-state index in [1.807, 2.05) is 56.5 Å². The van der Waals surface area contributed by atoms with Crippen LogP contribution in [0.1, 0.15) is 132 Å². The Hall–Kier alpha value is -5.36. The van der Waals surface area contributed by atoms with Crippen molar-refractivity contribution in [1.29, 1.82) is 0 Å². The van der Waals surface area contributed by atoms with Crippen molar-refractivity contribution in [2.45, 2.75) is 140 Å². The van der Waals surface area contributed by atoms with Gasteiger partial charge in [0.1, 0.15) is 51.7 Å². The van der Waals surface area contributed by atoms with Crippen LogP contribution in [0.2, 0.25) is 0 Å². The number of aryl methyl sites for hydroxylation is 1. The van der Waals surface area contributed by atoms with E-state index in [-0.39, 0.29) is 43.3 Å². The molecule has 0 radical (unpaired) electrons. The Morgan fingerprint density at radius 1 is 1.05 bits per heavy atom. The molecular weight excluding hydrogens is 859 g/mol. The van der Waals surface area contributed by atoms with Crippen LogP contribution < -0.4 is 24.8 Å². The largest absolute Gasteiger partial charge is 0.496 e. The first kappa shape index (κ1) is 45.2. The Morgan fingerprint density at radius 2 is 1.83 bits per heavy atom. The predicted molar refractivity (Wildman–Crippen MR) is 241 cm³/mol. The molecule has 18 heteroatoms. The highest BCUT2D eigenvalue weighted by Gasteiger charge is 2.63. The van der Waals surface area contributed by atoms with Crippen LogP contribution in [0.25, 0.3) is 21.6 Å². The minimum atomic E-state index is -4.03. The smallest absolute Gasteiger partial charge is 0.274 e. The molecular formula is C46H57N7O9S2. The molecule has 0 spiro atoms. The van der Waals surface area contributed by atoms with E-state index in [0.29, 0.717) is 64.5 Å². The molecule has 2 saturated carbocycles. The monoisotopic (exact) mass is 915 g/mol. The molecule has 2 aliphatic carbocycles. The van der Waals surface area contributed by atoms with Crippen LogP contribution in [0, 0.1) is 12.8 Å². The van der Waals surface area contributed by atoms with Gasteiger partial charge in [-0.15, -0.1) is 11.3 Å². The molecule has 2 aliphatic heterocycles. The molecule has 342 valence electrons. The van der Waals surface area contributed by atoms with Crippen LogP contribution >= 0.6 is 11.3 Å². The number of fused-ring (bicyclic) bond motifs is 3. The third-order valence-electron chi connectivity index (χ3n) is 13.1. The van der Waals surface area contributed by atoms with Crippen LogP contribution in [0.15, 0.2) is 46.3 Å². The van der Waals surface area contributed by atoms with Crippen molar-refractivity contribution in [3.8, 4) is 22.2 Å². The maximum Gasteiger partial charge on any atom is 0.274 e. The number of sulfonamides is 1. The number of thiazole rings is 1. The van der Waals surface area contributed by atoms with E-state index in [4.69, 9.17) is 24.0 Å². The van der Waals surface area contributed by atoms with E-state index in [1.54, 1.807) is 20.1 Å². The number of nitrogens with zero attached hydrogens (tertiary/aromatic N) is 4. The molecule has 3 N–H and O–H groups in total. The molecule has 16 nitrogen and oxygen atoms in total. The summed E-state index contributed by atoms with van der Waals surface area (Å²) in [6.07, 6.45) is 7.22. The highest BCUT2D eigenvalue weighted by Crippen LogP contribution is 2.48. The summed E-state index contributed by atoms with van der Waals surface area (Å²) < 4.78 is 45.8. The van der Waals surface area contributed by atoms with Gasteiger partial charge in [-0.25, -0.2) is 18.4 Å². The van der Waals surface area contributed by atoms with Gasteiger partial charge in [-0.2, -0.15) is 0 Å². The van der Waals surface area contributed by atoms with Gasteiger partial charge in [0.25, 0.3) is 11.8 Å². The molecule has 1 aromatic carbocycles. The van der Waals surface area contributed by atoms with Gasteiger partial charge in [-0.05, 0) is 70.4 Å². The number of amides is 4. The molecule has 4 aromatic rings. The fraction of sp³-hybridized carbons (Fsp3) is 0.543. The van der Waals surface area contributed by atoms with Gasteiger partial charge in [-0.1, -0.05) is 57.8 Å². The number of benzene rings is 1. The summed E-state index contributed by atoms with van der Waals surface area (Å²) >= 11 is 1.47. The summed E-state index contributed by atoms with van der Waals surface area (Å²) in [4.78, 5) is 68.8. The first-order valence-corrected chi connectivity index (χ1v) is 24.5. The summed E-state index contributed by atoms with van der Waals surface area (Å²) in [7, 11) is -2.43. The summed E-state index contributed by atoms with van der Waals surface area (Å²) in [5.41, 5.74) is 1.43. The van der Waals surface area contributed by atoms with Crippen LogP contribution in [-0.2, 0) is 24.4 Å². The average Bonchev–Trinajstić information content (AvgIpc) is 3.85. The quantitative estimate of drug-likeness (QED) is 0.139. The Balaban J connectivity index is 1.15. The van der Waals surface area contributed by atoms with Gasteiger partial charge < -0.3 is 29.5 Å². The number of aromatic nitrogens is 3. The molecule has 8 rings (SSSR count). The Morgan fingerprint density at radius 3 is 2.52 bits per heavy atom. The van der Waals surface area contributed by atoms with Crippen molar-refractivity contribution >= 4 is 55.9 Å². The zero-order chi connectivity index (χ0) is 45.7. The molecule has 1 saturated heterocycles.